The smallest absolute Gasteiger partial charge is 0.225 e. The number of nitrogens with zero attached hydrogens (tertiary/aromatic N) is 1. The molecule has 1 aliphatic rings. The third-order valence-corrected chi connectivity index (χ3v) is 4.70. The second-order valence-corrected chi connectivity index (χ2v) is 6.38. The Balaban J connectivity index is 1.90. The number of rotatable bonds is 6. The fourth-order valence-electron chi connectivity index (χ4n) is 3.22. The van der Waals surface area contributed by atoms with Crippen molar-refractivity contribution in [2.75, 3.05) is 20.2 Å². The van der Waals surface area contributed by atoms with Crippen molar-refractivity contribution in [3.8, 4) is 5.75 Å². The fraction of sp³-hybridized carbons (Fsp3) is 0.579. The van der Waals surface area contributed by atoms with Gasteiger partial charge in [0.2, 0.25) is 5.91 Å². The Morgan fingerprint density at radius 3 is 2.35 bits per heavy atom. The van der Waals surface area contributed by atoms with E-state index in [1.54, 1.807) is 7.11 Å². The third-order valence-electron chi connectivity index (χ3n) is 4.70. The molecule has 23 heavy (non-hydrogen) atoms. The van der Waals surface area contributed by atoms with E-state index in [-0.39, 0.29) is 23.5 Å². The van der Waals surface area contributed by atoms with Crippen LogP contribution in [0.25, 0.3) is 0 Å². The van der Waals surface area contributed by atoms with Crippen LogP contribution < -0.4 is 4.74 Å². The van der Waals surface area contributed by atoms with Gasteiger partial charge in [0, 0.05) is 30.5 Å². The lowest BCUT2D eigenvalue weighted by Crippen LogP contribution is -2.42. The van der Waals surface area contributed by atoms with E-state index in [1.807, 2.05) is 36.1 Å². The number of likely N-dealkylation sites (tertiary alicyclic amines) is 1. The van der Waals surface area contributed by atoms with Gasteiger partial charge in [-0.2, -0.15) is 0 Å². The van der Waals surface area contributed by atoms with Gasteiger partial charge in [-0.15, -0.1) is 0 Å². The molecule has 1 amide bonds. The summed E-state index contributed by atoms with van der Waals surface area (Å²) in [6, 6.07) is 7.28. The molecular formula is C19H27NO3. The Hall–Kier alpha value is -1.84. The zero-order valence-electron chi connectivity index (χ0n) is 14.4. The minimum atomic E-state index is 0.0222. The molecule has 1 saturated heterocycles. The van der Waals surface area contributed by atoms with Gasteiger partial charge in [0.25, 0.3) is 0 Å². The Labute approximate surface area is 138 Å². The molecule has 1 fully saturated rings. The molecule has 0 bridgehead atoms. The largest absolute Gasteiger partial charge is 0.497 e. The summed E-state index contributed by atoms with van der Waals surface area (Å²) in [5, 5.41) is 0. The van der Waals surface area contributed by atoms with Crippen LogP contribution in [0, 0.1) is 11.8 Å². The highest BCUT2D eigenvalue weighted by molar-refractivity contribution is 5.98. The molecule has 0 aliphatic carbocycles. The number of piperidine rings is 1. The summed E-state index contributed by atoms with van der Waals surface area (Å²) in [7, 11) is 1.61. The van der Waals surface area contributed by atoms with Crippen LogP contribution in [0.5, 0.6) is 5.75 Å². The van der Waals surface area contributed by atoms with Gasteiger partial charge in [0.05, 0.1) is 7.11 Å². The molecule has 0 aromatic heterocycles. The average molecular weight is 317 g/mol. The molecule has 1 aromatic rings. The predicted octanol–water partition coefficient (Wildman–Crippen LogP) is 3.55. The van der Waals surface area contributed by atoms with Gasteiger partial charge in [0.1, 0.15) is 5.75 Å². The summed E-state index contributed by atoms with van der Waals surface area (Å²) in [5.41, 5.74) is 0.731. The average Bonchev–Trinajstić information content (AvgIpc) is 2.61. The fourth-order valence-corrected chi connectivity index (χ4v) is 3.22. The number of hydrogen-bond acceptors (Lipinski definition) is 3. The lowest BCUT2D eigenvalue weighted by molar-refractivity contribution is -0.136. The molecule has 4 heteroatoms. The molecule has 4 nitrogen and oxygen atoms in total. The van der Waals surface area contributed by atoms with Crippen molar-refractivity contribution >= 4 is 11.7 Å². The Morgan fingerprint density at radius 2 is 1.83 bits per heavy atom. The molecule has 1 heterocycles. The van der Waals surface area contributed by atoms with Crippen LogP contribution in [0.3, 0.4) is 0 Å². The van der Waals surface area contributed by atoms with Crippen LogP contribution in [0.4, 0.5) is 0 Å². The van der Waals surface area contributed by atoms with E-state index in [9.17, 15) is 9.59 Å². The summed E-state index contributed by atoms with van der Waals surface area (Å²) >= 11 is 0. The van der Waals surface area contributed by atoms with Gasteiger partial charge < -0.3 is 9.64 Å². The van der Waals surface area contributed by atoms with Crippen molar-refractivity contribution in [1.29, 1.82) is 0 Å². The monoisotopic (exact) mass is 317 g/mol. The van der Waals surface area contributed by atoms with Crippen LogP contribution in [-0.2, 0) is 4.79 Å². The molecule has 0 saturated carbocycles. The number of methoxy groups -OCH3 is 1. The van der Waals surface area contributed by atoms with Crippen LogP contribution in [-0.4, -0.2) is 36.8 Å². The molecular weight excluding hydrogens is 290 g/mol. The number of amides is 1. The van der Waals surface area contributed by atoms with E-state index < -0.39 is 0 Å². The van der Waals surface area contributed by atoms with Crippen molar-refractivity contribution in [2.45, 2.75) is 39.5 Å². The maximum absolute atomic E-state index is 12.6. The second kappa shape index (κ2) is 8.14. The van der Waals surface area contributed by atoms with Gasteiger partial charge in [0.15, 0.2) is 5.78 Å². The first-order valence-corrected chi connectivity index (χ1v) is 8.53. The quantitative estimate of drug-likeness (QED) is 0.754. The lowest BCUT2D eigenvalue weighted by atomic mass is 9.88. The van der Waals surface area contributed by atoms with Crippen molar-refractivity contribution in [1.82, 2.24) is 4.90 Å². The van der Waals surface area contributed by atoms with E-state index in [1.165, 1.54) is 0 Å². The Kier molecular flexibility index (Phi) is 6.20. The molecule has 126 valence electrons. The van der Waals surface area contributed by atoms with Crippen LogP contribution in [0.1, 0.15) is 49.9 Å². The number of ether oxygens (including phenoxy) is 1. The van der Waals surface area contributed by atoms with E-state index in [0.717, 1.165) is 37.0 Å². The van der Waals surface area contributed by atoms with Gasteiger partial charge in [-0.25, -0.2) is 0 Å². The summed E-state index contributed by atoms with van der Waals surface area (Å²) in [6.45, 7) is 5.49. The SMILES string of the molecule is CCCC(C)C(=O)N1CCC(C(=O)c2ccc(OC)cc2)CC1. The maximum Gasteiger partial charge on any atom is 0.225 e. The molecule has 0 radical (unpaired) electrons. The highest BCUT2D eigenvalue weighted by Gasteiger charge is 2.29. The number of Topliss-reactive ketones (excluding diaryl/α,β-unsaturated/α-hetero) is 1. The first kappa shape index (κ1) is 17.5. The Bertz CT molecular complexity index is 530. The van der Waals surface area contributed by atoms with Gasteiger partial charge >= 0.3 is 0 Å². The van der Waals surface area contributed by atoms with E-state index in [0.29, 0.717) is 13.1 Å². The highest BCUT2D eigenvalue weighted by Crippen LogP contribution is 2.24. The molecule has 1 aliphatic heterocycles. The standard InChI is InChI=1S/C19H27NO3/c1-4-5-14(2)19(22)20-12-10-16(11-13-20)18(21)15-6-8-17(23-3)9-7-15/h6-9,14,16H,4-5,10-13H2,1-3H3. The topological polar surface area (TPSA) is 46.6 Å². The zero-order chi connectivity index (χ0) is 16.8. The molecule has 1 unspecified atom stereocenters. The summed E-state index contributed by atoms with van der Waals surface area (Å²) in [5.74, 6) is 1.29. The number of carbonyl (C=O) groups is 2. The lowest BCUT2D eigenvalue weighted by Gasteiger charge is -2.33. The van der Waals surface area contributed by atoms with Crippen LogP contribution in [0.15, 0.2) is 24.3 Å². The molecule has 1 atom stereocenters. The Morgan fingerprint density at radius 1 is 1.22 bits per heavy atom. The van der Waals surface area contributed by atoms with Crippen molar-refractivity contribution < 1.29 is 14.3 Å². The van der Waals surface area contributed by atoms with Crippen LogP contribution in [0.2, 0.25) is 0 Å². The van der Waals surface area contributed by atoms with Gasteiger partial charge in [-0.1, -0.05) is 20.3 Å². The molecule has 2 rings (SSSR count). The number of hydrogen-bond donors (Lipinski definition) is 0. The zero-order valence-corrected chi connectivity index (χ0v) is 14.4. The summed E-state index contributed by atoms with van der Waals surface area (Å²) < 4.78 is 5.12. The highest BCUT2D eigenvalue weighted by atomic mass is 16.5. The number of ketones is 1. The minimum absolute atomic E-state index is 0.0222. The van der Waals surface area contributed by atoms with E-state index in [4.69, 9.17) is 4.74 Å². The first-order chi connectivity index (χ1) is 11.1. The van der Waals surface area contributed by atoms with Crippen molar-refractivity contribution in [3.05, 3.63) is 29.8 Å². The maximum atomic E-state index is 12.6. The van der Waals surface area contributed by atoms with Crippen molar-refractivity contribution in [2.24, 2.45) is 11.8 Å². The van der Waals surface area contributed by atoms with Crippen LogP contribution >= 0.6 is 0 Å². The van der Waals surface area contributed by atoms with Gasteiger partial charge in [-0.3, -0.25) is 9.59 Å². The number of carbonyl (C=O) groups excluding carboxylic acids is 2. The summed E-state index contributed by atoms with van der Waals surface area (Å²) in [4.78, 5) is 26.8. The van der Waals surface area contributed by atoms with Gasteiger partial charge in [-0.05, 0) is 43.5 Å². The normalized spacial score (nSPS) is 16.9. The third kappa shape index (κ3) is 4.34. The van der Waals surface area contributed by atoms with E-state index >= 15 is 0 Å². The number of benzene rings is 1. The van der Waals surface area contributed by atoms with Crippen molar-refractivity contribution in [3.63, 3.8) is 0 Å². The molecule has 0 spiro atoms. The van der Waals surface area contributed by atoms with E-state index in [2.05, 4.69) is 6.92 Å². The summed E-state index contributed by atoms with van der Waals surface area (Å²) in [6.07, 6.45) is 3.48. The second-order valence-electron chi connectivity index (χ2n) is 6.38. The first-order valence-electron chi connectivity index (χ1n) is 8.53. The molecule has 1 aromatic carbocycles. The molecule has 0 N–H and O–H groups in total. The predicted molar refractivity (Wildman–Crippen MR) is 90.7 cm³/mol. The minimum Gasteiger partial charge on any atom is -0.497 e.